The van der Waals surface area contributed by atoms with Crippen molar-refractivity contribution in [1.29, 1.82) is 10.5 Å². The summed E-state index contributed by atoms with van der Waals surface area (Å²) in [7, 11) is 1.17. The lowest BCUT2D eigenvalue weighted by atomic mass is 11.9. The standard InChI is InChI=1S/2CHN.H2OP/c3*1-2/h2*1H;2H2/q;;+1. The zero-order valence-electron chi connectivity index (χ0n) is 3.03. The number of hydrogen-bond donors (Lipinski definition) is 0. The molecule has 3 nitrogen and oxygen atoms in total. The summed E-state index contributed by atoms with van der Waals surface area (Å²) in [5.74, 6) is 0. The first-order valence-corrected chi connectivity index (χ1v) is 1.22. The van der Waals surface area contributed by atoms with Gasteiger partial charge in [-0.3, -0.25) is 0 Å². The van der Waals surface area contributed by atoms with Gasteiger partial charge in [-0.15, -0.1) is 0 Å². The molecule has 0 rings (SSSR count). The molecular weight excluding hydrogens is 99.0 g/mol. The van der Waals surface area contributed by atoms with Crippen molar-refractivity contribution in [1.82, 2.24) is 0 Å². The molecule has 32 valence electrons. The minimum Gasteiger partial charge on any atom is -0.202 e. The fourth-order valence-corrected chi connectivity index (χ4v) is 0. The van der Waals surface area contributed by atoms with Crippen LogP contribution in [0.5, 0.6) is 0 Å². The Morgan fingerprint density at radius 1 is 1.00 bits per heavy atom. The van der Waals surface area contributed by atoms with Crippen LogP contribution in [0.4, 0.5) is 0 Å². The number of rotatable bonds is 0. The summed E-state index contributed by atoms with van der Waals surface area (Å²) >= 11 is 0. The first-order valence-electron chi connectivity index (χ1n) is 0.752. The third-order valence-electron chi connectivity index (χ3n) is 0. The molecule has 4 heteroatoms. The van der Waals surface area contributed by atoms with Gasteiger partial charge in [-0.25, -0.2) is 10.5 Å². The Labute approximate surface area is 38.4 Å². The van der Waals surface area contributed by atoms with Gasteiger partial charge in [0.1, 0.15) is 0 Å². The molecule has 0 bridgehead atoms. The Kier molecular flexibility index (Phi) is 149. The van der Waals surface area contributed by atoms with E-state index in [2.05, 4.69) is 13.1 Å². The summed E-state index contributed by atoms with van der Waals surface area (Å²) in [6.45, 7) is 7.00. The van der Waals surface area contributed by atoms with Crippen LogP contribution < -0.4 is 0 Å². The maximum atomic E-state index is 8.17. The van der Waals surface area contributed by atoms with Gasteiger partial charge in [0, 0.05) is 13.1 Å². The molecule has 0 aromatic heterocycles. The van der Waals surface area contributed by atoms with E-state index >= 15 is 0 Å². The monoisotopic (exact) mass is 103 g/mol. The van der Waals surface area contributed by atoms with Crippen LogP contribution in [0.15, 0.2) is 0 Å². The van der Waals surface area contributed by atoms with E-state index in [1.165, 1.54) is 9.12 Å². The van der Waals surface area contributed by atoms with Crippen LogP contribution in [-0.4, -0.2) is 0 Å². The number of nitriles is 2. The van der Waals surface area contributed by atoms with Gasteiger partial charge in [0.25, 0.3) is 0 Å². The first kappa shape index (κ1) is 19.5. The molecule has 6 heavy (non-hydrogen) atoms. The summed E-state index contributed by atoms with van der Waals surface area (Å²) in [5.41, 5.74) is 0. The van der Waals surface area contributed by atoms with E-state index in [9.17, 15) is 0 Å². The normalized spacial score (nSPS) is 1.33. The van der Waals surface area contributed by atoms with E-state index in [4.69, 9.17) is 15.1 Å². The van der Waals surface area contributed by atoms with Gasteiger partial charge in [0.2, 0.25) is 0 Å². The van der Waals surface area contributed by atoms with Crippen LogP contribution in [0, 0.1) is 23.7 Å². The van der Waals surface area contributed by atoms with Crippen LogP contribution >= 0.6 is 9.12 Å². The molecule has 1 atom stereocenters. The Hall–Kier alpha value is -0.920. The molecule has 0 amide bonds. The van der Waals surface area contributed by atoms with Crippen molar-refractivity contribution >= 4 is 9.12 Å². The average molecular weight is 103 g/mol. The van der Waals surface area contributed by atoms with Crippen molar-refractivity contribution in [3.8, 4) is 13.1 Å². The third kappa shape index (κ3) is 15.7. The lowest BCUT2D eigenvalue weighted by Gasteiger charge is -0.668. The molecule has 0 aliphatic heterocycles. The second kappa shape index (κ2) is 45.7. The van der Waals surface area contributed by atoms with Crippen molar-refractivity contribution in [3.63, 3.8) is 0 Å². The highest BCUT2D eigenvalue weighted by Gasteiger charge is 0.849. The van der Waals surface area contributed by atoms with Gasteiger partial charge in [0.15, 0.2) is 0 Å². The molecule has 0 heterocycles. The van der Waals surface area contributed by atoms with Crippen molar-refractivity contribution in [2.24, 2.45) is 0 Å². The van der Waals surface area contributed by atoms with E-state index in [1.807, 2.05) is 0 Å². The zero-order valence-corrected chi connectivity index (χ0v) is 4.19. The fraction of sp³-hybridized carbons (Fsp3) is 0. The zero-order chi connectivity index (χ0) is 6.00. The van der Waals surface area contributed by atoms with Crippen LogP contribution in [-0.2, 0) is 4.57 Å². The molecule has 0 aromatic carbocycles. The molecule has 0 aliphatic rings. The molecule has 0 saturated heterocycles. The Bertz CT molecular complexity index is 35.3. The van der Waals surface area contributed by atoms with Gasteiger partial charge >= 0.3 is 9.12 Å². The topological polar surface area (TPSA) is 64.7 Å². The van der Waals surface area contributed by atoms with E-state index in [0.29, 0.717) is 0 Å². The molecule has 0 spiro atoms. The van der Waals surface area contributed by atoms with E-state index in [0.717, 1.165) is 0 Å². The summed E-state index contributed by atoms with van der Waals surface area (Å²) < 4.78 is 8.17. The van der Waals surface area contributed by atoms with E-state index < -0.39 is 0 Å². The first-order chi connectivity index (χ1) is 3.00. The third-order valence-corrected chi connectivity index (χ3v) is 0. The lowest BCUT2D eigenvalue weighted by Crippen LogP contribution is -0.569. The highest BCUT2D eigenvalue weighted by molar-refractivity contribution is 7.00. The lowest BCUT2D eigenvalue weighted by molar-refractivity contribution is 0.607. The molecule has 0 radical (unpaired) electrons. The predicted molar refractivity (Wildman–Crippen MR) is 23.7 cm³/mol. The minimum absolute atomic E-state index is 1.17. The second-order valence-corrected chi connectivity index (χ2v) is 0. The largest absolute Gasteiger partial charge is 0.310 e. The van der Waals surface area contributed by atoms with Crippen molar-refractivity contribution in [2.75, 3.05) is 0 Å². The maximum absolute atomic E-state index is 8.17. The van der Waals surface area contributed by atoms with Gasteiger partial charge in [0.05, 0.1) is 0 Å². The van der Waals surface area contributed by atoms with Gasteiger partial charge in [-0.2, -0.15) is 0 Å². The molecule has 0 aliphatic carbocycles. The molecular formula is C2H4N2OP+. The van der Waals surface area contributed by atoms with Crippen LogP contribution in [0.25, 0.3) is 0 Å². The summed E-state index contributed by atoms with van der Waals surface area (Å²) in [4.78, 5) is 0. The summed E-state index contributed by atoms with van der Waals surface area (Å²) in [6, 6.07) is 0. The van der Waals surface area contributed by atoms with Crippen LogP contribution in [0.2, 0.25) is 0 Å². The molecule has 1 unspecified atom stereocenters. The average Bonchev–Trinajstić information content (AvgIpc) is 1.81. The number of nitrogens with zero attached hydrogens (tertiary/aromatic N) is 2. The number of hydrogen-bond acceptors (Lipinski definition) is 3. The summed E-state index contributed by atoms with van der Waals surface area (Å²) in [5, 5.41) is 13.0. The van der Waals surface area contributed by atoms with E-state index in [1.54, 1.807) is 0 Å². The Morgan fingerprint density at radius 2 is 1.00 bits per heavy atom. The highest BCUT2D eigenvalue weighted by Crippen LogP contribution is 1.23. The minimum atomic E-state index is 1.17. The van der Waals surface area contributed by atoms with Crippen LogP contribution in [0.1, 0.15) is 0 Å². The molecule has 0 aromatic rings. The SMILES string of the molecule is C#N.C#N.O=[PH2+]. The van der Waals surface area contributed by atoms with Gasteiger partial charge in [-0.05, 0) is 0 Å². The fourth-order valence-electron chi connectivity index (χ4n) is 0. The molecule has 0 saturated carbocycles. The maximum Gasteiger partial charge on any atom is 0.310 e. The van der Waals surface area contributed by atoms with Crippen molar-refractivity contribution in [2.45, 2.75) is 0 Å². The predicted octanol–water partition coefficient (Wildman–Crippen LogP) is 0.487. The smallest absolute Gasteiger partial charge is 0.202 e. The van der Waals surface area contributed by atoms with Crippen molar-refractivity contribution < 1.29 is 4.57 Å². The molecule has 0 N–H and O–H groups in total. The Balaban J connectivity index is -0.0000000225. The van der Waals surface area contributed by atoms with Crippen LogP contribution in [0.3, 0.4) is 0 Å². The summed E-state index contributed by atoms with van der Waals surface area (Å²) in [6.07, 6.45) is 0. The quantitative estimate of drug-likeness (QED) is 0.419. The highest BCUT2D eigenvalue weighted by atomic mass is 31.0. The van der Waals surface area contributed by atoms with Crippen molar-refractivity contribution in [3.05, 3.63) is 0 Å². The van der Waals surface area contributed by atoms with Gasteiger partial charge < -0.3 is 0 Å². The Morgan fingerprint density at radius 3 is 1.00 bits per heavy atom. The second-order valence-electron chi connectivity index (χ2n) is 0. The van der Waals surface area contributed by atoms with Gasteiger partial charge in [-0.1, -0.05) is 4.57 Å². The van der Waals surface area contributed by atoms with E-state index in [-0.39, 0.29) is 0 Å². The molecule has 0 fully saturated rings.